The standard InChI is InChI=1S/C32H40N2O8/c1-3-5-6-15-40-24-9-7-22(20-26(24)39-4-2)29-28(30(35)23-8-10-25-27(21-23)42-19-18-41-25)31(36)32(37)34(29)12-11-33-13-16-38-17-14-33/h7-10,20-21,29,35H,3-6,11-19H2,1-2H3/b30-28+. The third-order valence-electron chi connectivity index (χ3n) is 7.83. The third-order valence-corrected chi connectivity index (χ3v) is 7.83. The molecule has 10 nitrogen and oxygen atoms in total. The number of hydrogen-bond donors (Lipinski definition) is 1. The highest BCUT2D eigenvalue weighted by Crippen LogP contribution is 2.42. The van der Waals surface area contributed by atoms with E-state index < -0.39 is 23.5 Å². The molecule has 2 aromatic carbocycles. The molecule has 0 radical (unpaired) electrons. The molecular formula is C32H40N2O8. The zero-order chi connectivity index (χ0) is 29.5. The first-order valence-corrected chi connectivity index (χ1v) is 15.0. The normalized spacial score (nSPS) is 20.1. The number of Topliss-reactive ketones (excluding diaryl/α,β-unsaturated/α-hetero) is 1. The molecule has 0 aliphatic carbocycles. The Morgan fingerprint density at radius 3 is 2.50 bits per heavy atom. The Bertz CT molecular complexity index is 1300. The lowest BCUT2D eigenvalue weighted by Crippen LogP contribution is -3.14. The van der Waals surface area contributed by atoms with E-state index in [1.54, 1.807) is 30.3 Å². The summed E-state index contributed by atoms with van der Waals surface area (Å²) in [5, 5.41) is 14.0. The van der Waals surface area contributed by atoms with Crippen LogP contribution >= 0.6 is 0 Å². The van der Waals surface area contributed by atoms with Crippen LogP contribution in [0.5, 0.6) is 23.0 Å². The van der Waals surface area contributed by atoms with Gasteiger partial charge in [-0.15, -0.1) is 0 Å². The highest BCUT2D eigenvalue weighted by atomic mass is 16.6. The molecule has 1 N–H and O–H groups in total. The van der Waals surface area contributed by atoms with Crippen LogP contribution in [-0.4, -0.2) is 82.4 Å². The molecular weight excluding hydrogens is 540 g/mol. The number of carbonyl (C=O) groups is 2. The van der Waals surface area contributed by atoms with Crippen LogP contribution in [0, 0.1) is 0 Å². The predicted molar refractivity (Wildman–Crippen MR) is 153 cm³/mol. The number of ketones is 1. The van der Waals surface area contributed by atoms with Crippen LogP contribution in [0.4, 0.5) is 0 Å². The second-order valence-electron chi connectivity index (χ2n) is 10.6. The number of benzene rings is 2. The van der Waals surface area contributed by atoms with Crippen LogP contribution in [0.2, 0.25) is 0 Å². The lowest BCUT2D eigenvalue weighted by atomic mass is 9.94. The number of likely N-dealkylation sites (tertiary alicyclic amines) is 1. The van der Waals surface area contributed by atoms with Crippen molar-refractivity contribution in [3.63, 3.8) is 0 Å². The summed E-state index contributed by atoms with van der Waals surface area (Å²) >= 11 is 0. The lowest BCUT2D eigenvalue weighted by Gasteiger charge is -2.30. The van der Waals surface area contributed by atoms with Crippen LogP contribution in [0.15, 0.2) is 42.0 Å². The van der Waals surface area contributed by atoms with Gasteiger partial charge in [0.05, 0.1) is 45.6 Å². The van der Waals surface area contributed by atoms with Gasteiger partial charge >= 0.3 is 0 Å². The smallest absolute Gasteiger partial charge is 0.295 e. The average Bonchev–Trinajstić information content (AvgIpc) is 3.27. The number of nitrogens with one attached hydrogen (secondary N) is 1. The largest absolute Gasteiger partial charge is 0.872 e. The summed E-state index contributed by atoms with van der Waals surface area (Å²) < 4.78 is 28.7. The van der Waals surface area contributed by atoms with Gasteiger partial charge in [-0.05, 0) is 48.7 Å². The van der Waals surface area contributed by atoms with E-state index in [0.29, 0.717) is 81.3 Å². The Kier molecular flexibility index (Phi) is 9.86. The van der Waals surface area contributed by atoms with Gasteiger partial charge in [0.25, 0.3) is 5.91 Å². The van der Waals surface area contributed by atoms with Crippen molar-refractivity contribution in [1.29, 1.82) is 0 Å². The van der Waals surface area contributed by atoms with Crippen LogP contribution < -0.4 is 29.0 Å². The van der Waals surface area contributed by atoms with E-state index in [-0.39, 0.29) is 11.1 Å². The number of ether oxygens (including phenoxy) is 5. The van der Waals surface area contributed by atoms with Crippen molar-refractivity contribution in [3.05, 3.63) is 53.1 Å². The van der Waals surface area contributed by atoms with E-state index in [4.69, 9.17) is 23.7 Å². The molecule has 0 spiro atoms. The van der Waals surface area contributed by atoms with Gasteiger partial charge in [-0.3, -0.25) is 9.59 Å². The Labute approximate surface area is 246 Å². The molecule has 3 heterocycles. The average molecular weight is 581 g/mol. The third kappa shape index (κ3) is 6.50. The summed E-state index contributed by atoms with van der Waals surface area (Å²) in [6.45, 7) is 9.70. The van der Waals surface area contributed by atoms with E-state index in [1.165, 1.54) is 9.80 Å². The molecule has 42 heavy (non-hydrogen) atoms. The van der Waals surface area contributed by atoms with Gasteiger partial charge in [-0.1, -0.05) is 37.7 Å². The fourth-order valence-electron chi connectivity index (χ4n) is 5.59. The van der Waals surface area contributed by atoms with E-state index in [1.807, 2.05) is 13.0 Å². The molecule has 10 heteroatoms. The van der Waals surface area contributed by atoms with Crippen molar-refractivity contribution < 1.29 is 43.3 Å². The first-order valence-electron chi connectivity index (χ1n) is 15.0. The second-order valence-corrected chi connectivity index (χ2v) is 10.6. The highest BCUT2D eigenvalue weighted by molar-refractivity contribution is 6.46. The number of rotatable bonds is 12. The Morgan fingerprint density at radius 2 is 1.74 bits per heavy atom. The number of unbranched alkanes of at least 4 members (excludes halogenated alkanes) is 2. The minimum Gasteiger partial charge on any atom is -0.872 e. The van der Waals surface area contributed by atoms with Gasteiger partial charge in [0.15, 0.2) is 23.0 Å². The number of nitrogens with zero attached hydrogens (tertiary/aromatic N) is 1. The molecule has 226 valence electrons. The van der Waals surface area contributed by atoms with Gasteiger partial charge in [0, 0.05) is 5.57 Å². The fraction of sp³-hybridized carbons (Fsp3) is 0.500. The molecule has 1 amide bonds. The van der Waals surface area contributed by atoms with E-state index >= 15 is 0 Å². The minimum absolute atomic E-state index is 0.0762. The van der Waals surface area contributed by atoms with Gasteiger partial charge in [-0.25, -0.2) is 0 Å². The topological polar surface area (TPSA) is 111 Å². The molecule has 0 aromatic heterocycles. The zero-order valence-electron chi connectivity index (χ0n) is 24.4. The van der Waals surface area contributed by atoms with Gasteiger partial charge in [-0.2, -0.15) is 0 Å². The quantitative estimate of drug-likeness (QED) is 0.174. The van der Waals surface area contributed by atoms with Gasteiger partial charge < -0.3 is 38.6 Å². The maximum absolute atomic E-state index is 14.0. The summed E-state index contributed by atoms with van der Waals surface area (Å²) in [6, 6.07) is 9.41. The molecule has 0 bridgehead atoms. The van der Waals surface area contributed by atoms with E-state index in [0.717, 1.165) is 32.4 Å². The fourth-order valence-corrected chi connectivity index (χ4v) is 5.59. The zero-order valence-corrected chi connectivity index (χ0v) is 24.4. The van der Waals surface area contributed by atoms with Crippen molar-refractivity contribution in [2.24, 2.45) is 0 Å². The van der Waals surface area contributed by atoms with Crippen molar-refractivity contribution in [2.45, 2.75) is 39.2 Å². The van der Waals surface area contributed by atoms with Crippen molar-refractivity contribution in [2.75, 3.05) is 65.8 Å². The Hall–Kier alpha value is -3.76. The van der Waals surface area contributed by atoms with Crippen LogP contribution in [-0.2, 0) is 14.3 Å². The molecule has 3 aliphatic rings. The molecule has 3 aliphatic heterocycles. The van der Waals surface area contributed by atoms with Gasteiger partial charge in [0.2, 0.25) is 5.78 Å². The number of carbonyl (C=O) groups excluding carboxylic acids is 2. The maximum atomic E-state index is 14.0. The van der Waals surface area contributed by atoms with Crippen LogP contribution in [0.25, 0.3) is 5.76 Å². The Balaban J connectivity index is 1.53. The minimum atomic E-state index is -0.862. The lowest BCUT2D eigenvalue weighted by molar-refractivity contribution is -0.907. The molecule has 0 saturated carbocycles. The second kappa shape index (κ2) is 13.9. The number of hydrogen-bond acceptors (Lipinski definition) is 8. The summed E-state index contributed by atoms with van der Waals surface area (Å²) in [4.78, 5) is 29.9. The van der Waals surface area contributed by atoms with Crippen molar-refractivity contribution >= 4 is 17.4 Å². The number of morpholine rings is 1. The number of amides is 1. The van der Waals surface area contributed by atoms with Crippen LogP contribution in [0.3, 0.4) is 0 Å². The molecule has 5 rings (SSSR count). The van der Waals surface area contributed by atoms with Crippen molar-refractivity contribution in [3.8, 4) is 23.0 Å². The molecule has 1 atom stereocenters. The summed E-state index contributed by atoms with van der Waals surface area (Å²) in [6.07, 6.45) is 3.08. The van der Waals surface area contributed by atoms with Gasteiger partial charge in [0.1, 0.15) is 26.3 Å². The summed E-state index contributed by atoms with van der Waals surface area (Å²) in [7, 11) is 0. The van der Waals surface area contributed by atoms with E-state index in [9.17, 15) is 14.7 Å². The number of quaternary nitrogens is 1. The highest BCUT2D eigenvalue weighted by Gasteiger charge is 2.45. The Morgan fingerprint density at radius 1 is 0.952 bits per heavy atom. The molecule has 2 saturated heterocycles. The SMILES string of the molecule is CCCCCOc1ccc(C2/C(=C(\[O-])c3ccc4c(c3)OCCO4)C(=O)C(=O)N2CC[NH+]2CCOCC2)cc1OCC. The predicted octanol–water partition coefficient (Wildman–Crippen LogP) is 1.56. The van der Waals surface area contributed by atoms with E-state index in [2.05, 4.69) is 6.92 Å². The van der Waals surface area contributed by atoms with Crippen LogP contribution in [0.1, 0.15) is 50.3 Å². The monoisotopic (exact) mass is 580 g/mol. The first-order chi connectivity index (χ1) is 20.5. The van der Waals surface area contributed by atoms with Crippen molar-refractivity contribution in [1.82, 2.24) is 4.90 Å². The summed E-state index contributed by atoms with van der Waals surface area (Å²) in [5.41, 5.74) is 0.811. The summed E-state index contributed by atoms with van der Waals surface area (Å²) in [5.74, 6) is 0.131. The maximum Gasteiger partial charge on any atom is 0.295 e. The number of fused-ring (bicyclic) bond motifs is 1. The molecule has 1 unspecified atom stereocenters. The molecule has 2 fully saturated rings. The first kappa shape index (κ1) is 29.7. The molecule has 2 aromatic rings.